The molecule has 1 atom stereocenters. The number of carbonyl (C=O) groups excluding carboxylic acids is 1. The van der Waals surface area contributed by atoms with Crippen LogP contribution in [0, 0.1) is 0 Å². The SMILES string of the molecule is O=CC1NC=Cc2nc(-c3ccc(CNc4ccc(O)cc4)cc3)c(-c3ccccc3)cc21. The first-order chi connectivity index (χ1) is 16.2. The van der Waals surface area contributed by atoms with E-state index in [0.29, 0.717) is 6.54 Å². The molecule has 5 rings (SSSR count). The minimum absolute atomic E-state index is 0.252. The molecule has 0 aliphatic carbocycles. The van der Waals surface area contributed by atoms with Gasteiger partial charge in [-0.1, -0.05) is 54.6 Å². The average molecular weight is 434 g/mol. The number of aromatic nitrogens is 1. The number of phenolic OH excluding ortho intramolecular Hbond substituents is 1. The van der Waals surface area contributed by atoms with Crippen molar-refractivity contribution in [3.05, 3.63) is 108 Å². The number of aldehydes is 1. The van der Waals surface area contributed by atoms with Gasteiger partial charge in [0.1, 0.15) is 18.1 Å². The van der Waals surface area contributed by atoms with E-state index in [1.54, 1.807) is 18.3 Å². The fraction of sp³-hybridized carbons (Fsp3) is 0.0714. The van der Waals surface area contributed by atoms with Crippen molar-refractivity contribution in [2.24, 2.45) is 0 Å². The number of hydrogen-bond donors (Lipinski definition) is 3. The zero-order chi connectivity index (χ0) is 22.6. The first-order valence-electron chi connectivity index (χ1n) is 10.8. The van der Waals surface area contributed by atoms with Gasteiger partial charge in [0.25, 0.3) is 0 Å². The Morgan fingerprint density at radius 3 is 2.42 bits per heavy atom. The molecule has 2 heterocycles. The highest BCUT2D eigenvalue weighted by Crippen LogP contribution is 2.35. The lowest BCUT2D eigenvalue weighted by molar-refractivity contribution is -0.109. The number of pyridine rings is 1. The van der Waals surface area contributed by atoms with E-state index in [2.05, 4.69) is 53.1 Å². The molecule has 1 aromatic heterocycles. The molecule has 0 radical (unpaired) electrons. The fourth-order valence-electron chi connectivity index (χ4n) is 3.98. The number of aromatic hydroxyl groups is 1. The number of fused-ring (bicyclic) bond motifs is 1. The van der Waals surface area contributed by atoms with E-state index in [1.807, 2.05) is 36.4 Å². The number of nitrogens with one attached hydrogen (secondary N) is 2. The summed E-state index contributed by atoms with van der Waals surface area (Å²) in [4.78, 5) is 16.6. The van der Waals surface area contributed by atoms with E-state index in [1.165, 1.54) is 0 Å². The Balaban J connectivity index is 1.48. The lowest BCUT2D eigenvalue weighted by Gasteiger charge is -2.21. The Morgan fingerprint density at radius 2 is 1.70 bits per heavy atom. The molecule has 0 amide bonds. The fourth-order valence-corrected chi connectivity index (χ4v) is 3.98. The Morgan fingerprint density at radius 1 is 0.939 bits per heavy atom. The first-order valence-corrected chi connectivity index (χ1v) is 10.8. The Bertz CT molecular complexity index is 1300. The van der Waals surface area contributed by atoms with Crippen molar-refractivity contribution < 1.29 is 9.90 Å². The minimum atomic E-state index is -0.401. The van der Waals surface area contributed by atoms with Crippen LogP contribution in [0.2, 0.25) is 0 Å². The number of rotatable bonds is 6. The molecule has 1 unspecified atom stereocenters. The molecule has 0 saturated heterocycles. The third-order valence-electron chi connectivity index (χ3n) is 5.75. The van der Waals surface area contributed by atoms with Crippen LogP contribution in [0.3, 0.4) is 0 Å². The third-order valence-corrected chi connectivity index (χ3v) is 5.75. The van der Waals surface area contributed by atoms with Crippen molar-refractivity contribution in [3.63, 3.8) is 0 Å². The predicted molar refractivity (Wildman–Crippen MR) is 132 cm³/mol. The van der Waals surface area contributed by atoms with Gasteiger partial charge < -0.3 is 20.5 Å². The van der Waals surface area contributed by atoms with Gasteiger partial charge in [-0.25, -0.2) is 4.98 Å². The van der Waals surface area contributed by atoms with Crippen molar-refractivity contribution in [2.75, 3.05) is 5.32 Å². The van der Waals surface area contributed by atoms with Crippen molar-refractivity contribution >= 4 is 18.0 Å². The zero-order valence-electron chi connectivity index (χ0n) is 17.9. The van der Waals surface area contributed by atoms with Crippen LogP contribution in [0.15, 0.2) is 91.1 Å². The third kappa shape index (κ3) is 4.34. The second-order valence-electron chi connectivity index (χ2n) is 7.94. The molecule has 4 aromatic rings. The normalized spacial score (nSPS) is 14.2. The second-order valence-corrected chi connectivity index (χ2v) is 7.94. The van der Waals surface area contributed by atoms with Crippen molar-refractivity contribution in [3.8, 4) is 28.1 Å². The van der Waals surface area contributed by atoms with Crippen LogP contribution in [0.25, 0.3) is 28.5 Å². The number of benzene rings is 3. The standard InChI is InChI=1S/C28H23N3O2/c32-18-27-25-16-24(20-4-2-1-3-5-20)28(31-26(25)14-15-29-27)21-8-6-19(7-9-21)17-30-22-10-12-23(33)13-11-22/h1-16,18,27,29-30,33H,17H2. The molecule has 1 aliphatic heterocycles. The number of carbonyl (C=O) groups is 1. The molecule has 0 spiro atoms. The molecule has 3 N–H and O–H groups in total. The summed E-state index contributed by atoms with van der Waals surface area (Å²) in [7, 11) is 0. The van der Waals surface area contributed by atoms with Gasteiger partial charge in [-0.05, 0) is 53.7 Å². The van der Waals surface area contributed by atoms with Crippen LogP contribution in [-0.4, -0.2) is 16.4 Å². The maximum atomic E-state index is 11.6. The van der Waals surface area contributed by atoms with E-state index in [0.717, 1.165) is 51.2 Å². The lowest BCUT2D eigenvalue weighted by Crippen LogP contribution is -2.21. The largest absolute Gasteiger partial charge is 0.508 e. The van der Waals surface area contributed by atoms with Crippen LogP contribution < -0.4 is 10.6 Å². The van der Waals surface area contributed by atoms with Gasteiger partial charge in [0.15, 0.2) is 0 Å². The minimum Gasteiger partial charge on any atom is -0.508 e. The van der Waals surface area contributed by atoms with Gasteiger partial charge in [-0.15, -0.1) is 0 Å². The Hall–Kier alpha value is -4.38. The highest BCUT2D eigenvalue weighted by atomic mass is 16.3. The summed E-state index contributed by atoms with van der Waals surface area (Å²) in [5, 5.41) is 15.9. The van der Waals surface area contributed by atoms with E-state index in [-0.39, 0.29) is 5.75 Å². The monoisotopic (exact) mass is 433 g/mol. The average Bonchev–Trinajstić information content (AvgIpc) is 2.88. The molecule has 0 bridgehead atoms. The maximum absolute atomic E-state index is 11.6. The molecule has 0 fully saturated rings. The maximum Gasteiger partial charge on any atom is 0.146 e. The van der Waals surface area contributed by atoms with E-state index < -0.39 is 6.04 Å². The van der Waals surface area contributed by atoms with Gasteiger partial charge in [0.2, 0.25) is 0 Å². The van der Waals surface area contributed by atoms with E-state index in [9.17, 15) is 9.90 Å². The molecular formula is C28H23N3O2. The first kappa shape index (κ1) is 20.5. The summed E-state index contributed by atoms with van der Waals surface area (Å²) in [5.41, 5.74) is 7.71. The van der Waals surface area contributed by atoms with Gasteiger partial charge in [0.05, 0.1) is 11.4 Å². The highest BCUT2D eigenvalue weighted by Gasteiger charge is 2.21. The van der Waals surface area contributed by atoms with Crippen LogP contribution in [-0.2, 0) is 11.3 Å². The van der Waals surface area contributed by atoms with Gasteiger partial charge in [-0.2, -0.15) is 0 Å². The lowest BCUT2D eigenvalue weighted by atomic mass is 9.93. The van der Waals surface area contributed by atoms with Gasteiger partial charge in [0, 0.05) is 28.9 Å². The molecule has 1 aliphatic rings. The summed E-state index contributed by atoms with van der Waals surface area (Å²) < 4.78 is 0. The zero-order valence-corrected chi connectivity index (χ0v) is 17.9. The molecule has 5 heteroatoms. The van der Waals surface area contributed by atoms with E-state index >= 15 is 0 Å². The molecule has 3 aromatic carbocycles. The van der Waals surface area contributed by atoms with Crippen LogP contribution in [0.1, 0.15) is 22.9 Å². The number of nitrogens with zero attached hydrogens (tertiary/aromatic N) is 1. The Labute approximate surface area is 192 Å². The van der Waals surface area contributed by atoms with Gasteiger partial charge in [-0.3, -0.25) is 0 Å². The number of hydrogen-bond acceptors (Lipinski definition) is 5. The highest BCUT2D eigenvalue weighted by molar-refractivity contribution is 5.84. The molecule has 33 heavy (non-hydrogen) atoms. The Kier molecular flexibility index (Phi) is 5.60. The molecule has 5 nitrogen and oxygen atoms in total. The summed E-state index contributed by atoms with van der Waals surface area (Å²) >= 11 is 0. The van der Waals surface area contributed by atoms with Crippen molar-refractivity contribution in [1.29, 1.82) is 0 Å². The number of phenols is 1. The summed E-state index contributed by atoms with van der Waals surface area (Å²) in [6.07, 6.45) is 4.59. The summed E-state index contributed by atoms with van der Waals surface area (Å²) in [6.45, 7) is 0.670. The quantitative estimate of drug-likeness (QED) is 0.275. The van der Waals surface area contributed by atoms with Crippen molar-refractivity contribution in [1.82, 2.24) is 10.3 Å². The van der Waals surface area contributed by atoms with Crippen LogP contribution in [0.5, 0.6) is 5.75 Å². The molecular weight excluding hydrogens is 410 g/mol. The summed E-state index contributed by atoms with van der Waals surface area (Å²) in [6, 6.07) is 27.2. The predicted octanol–water partition coefficient (Wildman–Crippen LogP) is 5.55. The number of anilines is 1. The van der Waals surface area contributed by atoms with Crippen LogP contribution in [0.4, 0.5) is 5.69 Å². The smallest absolute Gasteiger partial charge is 0.146 e. The topological polar surface area (TPSA) is 74.2 Å². The van der Waals surface area contributed by atoms with Crippen molar-refractivity contribution in [2.45, 2.75) is 12.6 Å². The van der Waals surface area contributed by atoms with Crippen LogP contribution >= 0.6 is 0 Å². The summed E-state index contributed by atoms with van der Waals surface area (Å²) in [5.74, 6) is 0.252. The molecule has 162 valence electrons. The molecule has 0 saturated carbocycles. The second kappa shape index (κ2) is 9.01. The van der Waals surface area contributed by atoms with Gasteiger partial charge >= 0.3 is 0 Å². The van der Waals surface area contributed by atoms with E-state index in [4.69, 9.17) is 4.98 Å².